The van der Waals surface area contributed by atoms with Crippen LogP contribution in [0.3, 0.4) is 0 Å². The first kappa shape index (κ1) is 13.7. The van der Waals surface area contributed by atoms with Crippen molar-refractivity contribution in [2.75, 3.05) is 20.3 Å². The quantitative estimate of drug-likeness (QED) is 0.692. The van der Waals surface area contributed by atoms with Gasteiger partial charge < -0.3 is 15.2 Å². The molecule has 3 nitrogen and oxygen atoms in total. The number of methoxy groups -OCH3 is 1. The van der Waals surface area contributed by atoms with E-state index in [1.54, 1.807) is 6.92 Å². The minimum atomic E-state index is -4.55. The van der Waals surface area contributed by atoms with Crippen LogP contribution in [0.1, 0.15) is 13.3 Å². The average Bonchev–Trinajstić information content (AvgIpc) is 2.09. The fourth-order valence-corrected chi connectivity index (χ4v) is 0.825. The van der Waals surface area contributed by atoms with Crippen molar-refractivity contribution in [1.82, 2.24) is 5.32 Å². The second-order valence-corrected chi connectivity index (χ2v) is 3.15. The van der Waals surface area contributed by atoms with Gasteiger partial charge in [-0.05, 0) is 13.3 Å². The summed E-state index contributed by atoms with van der Waals surface area (Å²) in [5, 5.41) is 11.2. The standard InChI is InChI=1S/C8H16F3NO2/c1-6(3-4-14-2)12-5-7(13)8(9,10)11/h6-7,12-13H,3-5H2,1-2H3. The molecule has 6 heteroatoms. The summed E-state index contributed by atoms with van der Waals surface area (Å²) >= 11 is 0. The largest absolute Gasteiger partial charge is 0.415 e. The Hall–Kier alpha value is -0.330. The van der Waals surface area contributed by atoms with Gasteiger partial charge in [0.05, 0.1) is 0 Å². The van der Waals surface area contributed by atoms with Gasteiger partial charge in [-0.3, -0.25) is 0 Å². The summed E-state index contributed by atoms with van der Waals surface area (Å²) in [6.07, 6.45) is -6.23. The van der Waals surface area contributed by atoms with Crippen molar-refractivity contribution in [1.29, 1.82) is 0 Å². The third-order valence-corrected chi connectivity index (χ3v) is 1.79. The van der Waals surface area contributed by atoms with E-state index in [1.807, 2.05) is 0 Å². The SMILES string of the molecule is COCCC(C)NCC(O)C(F)(F)F. The zero-order valence-corrected chi connectivity index (χ0v) is 8.27. The number of alkyl halides is 3. The lowest BCUT2D eigenvalue weighted by Gasteiger charge is -2.18. The fourth-order valence-electron chi connectivity index (χ4n) is 0.825. The van der Waals surface area contributed by atoms with Gasteiger partial charge in [-0.1, -0.05) is 0 Å². The number of aliphatic hydroxyl groups excluding tert-OH is 1. The first-order chi connectivity index (χ1) is 6.38. The Morgan fingerprint density at radius 1 is 1.43 bits per heavy atom. The molecule has 0 aliphatic rings. The Labute approximate surface area is 81.2 Å². The molecular weight excluding hydrogens is 199 g/mol. The van der Waals surface area contributed by atoms with Crippen molar-refractivity contribution in [3.63, 3.8) is 0 Å². The van der Waals surface area contributed by atoms with Gasteiger partial charge in [-0.25, -0.2) is 0 Å². The van der Waals surface area contributed by atoms with Crippen LogP contribution in [-0.2, 0) is 4.74 Å². The van der Waals surface area contributed by atoms with E-state index in [4.69, 9.17) is 9.84 Å². The summed E-state index contributed by atoms with van der Waals surface area (Å²) < 4.78 is 40.3. The highest BCUT2D eigenvalue weighted by Crippen LogP contribution is 2.19. The molecule has 0 heterocycles. The molecule has 0 saturated carbocycles. The molecule has 0 radical (unpaired) electrons. The van der Waals surface area contributed by atoms with Gasteiger partial charge in [0.1, 0.15) is 0 Å². The van der Waals surface area contributed by atoms with Crippen molar-refractivity contribution in [2.24, 2.45) is 0 Å². The smallest absolute Gasteiger partial charge is 0.385 e. The molecule has 0 amide bonds. The van der Waals surface area contributed by atoms with E-state index >= 15 is 0 Å². The second kappa shape index (κ2) is 6.21. The van der Waals surface area contributed by atoms with Gasteiger partial charge in [0.15, 0.2) is 6.10 Å². The van der Waals surface area contributed by atoms with Crippen LogP contribution in [0, 0.1) is 0 Å². The molecule has 2 unspecified atom stereocenters. The van der Waals surface area contributed by atoms with E-state index in [9.17, 15) is 13.2 Å². The van der Waals surface area contributed by atoms with E-state index in [-0.39, 0.29) is 6.04 Å². The highest BCUT2D eigenvalue weighted by molar-refractivity contribution is 4.70. The molecule has 0 bridgehead atoms. The summed E-state index contributed by atoms with van der Waals surface area (Å²) in [5.74, 6) is 0. The fraction of sp³-hybridized carbons (Fsp3) is 1.00. The maximum Gasteiger partial charge on any atom is 0.415 e. The summed E-state index contributed by atoms with van der Waals surface area (Å²) in [7, 11) is 1.53. The van der Waals surface area contributed by atoms with Gasteiger partial charge in [0, 0.05) is 26.3 Å². The average molecular weight is 215 g/mol. The van der Waals surface area contributed by atoms with E-state index in [0.717, 1.165) is 0 Å². The number of rotatable bonds is 6. The molecule has 0 aromatic rings. The molecule has 86 valence electrons. The molecule has 0 aliphatic carbocycles. The molecule has 0 spiro atoms. The maximum absolute atomic E-state index is 11.8. The van der Waals surface area contributed by atoms with Crippen LogP contribution in [0.25, 0.3) is 0 Å². The number of halogens is 3. The molecule has 0 rings (SSSR count). The maximum atomic E-state index is 11.8. The van der Waals surface area contributed by atoms with Crippen LogP contribution in [0.2, 0.25) is 0 Å². The third-order valence-electron chi connectivity index (χ3n) is 1.79. The summed E-state index contributed by atoms with van der Waals surface area (Å²) in [5.41, 5.74) is 0. The Kier molecular flexibility index (Phi) is 6.06. The van der Waals surface area contributed by atoms with Crippen LogP contribution < -0.4 is 5.32 Å². The second-order valence-electron chi connectivity index (χ2n) is 3.15. The molecule has 0 saturated heterocycles. The van der Waals surface area contributed by atoms with Crippen LogP contribution >= 0.6 is 0 Å². The van der Waals surface area contributed by atoms with Crippen molar-refractivity contribution >= 4 is 0 Å². The number of nitrogens with one attached hydrogen (secondary N) is 1. The van der Waals surface area contributed by atoms with Gasteiger partial charge in [-0.15, -0.1) is 0 Å². The van der Waals surface area contributed by atoms with E-state index in [1.165, 1.54) is 7.11 Å². The number of hydrogen-bond acceptors (Lipinski definition) is 3. The van der Waals surface area contributed by atoms with E-state index in [2.05, 4.69) is 5.32 Å². The molecule has 2 atom stereocenters. The molecule has 14 heavy (non-hydrogen) atoms. The van der Waals surface area contributed by atoms with Crippen LogP contribution in [0.15, 0.2) is 0 Å². The topological polar surface area (TPSA) is 41.5 Å². The van der Waals surface area contributed by atoms with Crippen LogP contribution in [0.5, 0.6) is 0 Å². The molecule has 0 aromatic carbocycles. The molecule has 2 N–H and O–H groups in total. The number of hydrogen-bond donors (Lipinski definition) is 2. The van der Waals surface area contributed by atoms with Gasteiger partial charge in [0.25, 0.3) is 0 Å². The van der Waals surface area contributed by atoms with Gasteiger partial charge in [0.2, 0.25) is 0 Å². The Morgan fingerprint density at radius 2 is 2.00 bits per heavy atom. The predicted octanol–water partition coefficient (Wildman–Crippen LogP) is 0.924. The number of ether oxygens (including phenoxy) is 1. The highest BCUT2D eigenvalue weighted by atomic mass is 19.4. The molecule has 0 fully saturated rings. The lowest BCUT2D eigenvalue weighted by atomic mass is 10.2. The van der Waals surface area contributed by atoms with Crippen molar-refractivity contribution < 1.29 is 23.0 Å². The lowest BCUT2D eigenvalue weighted by Crippen LogP contribution is -2.41. The monoisotopic (exact) mass is 215 g/mol. The van der Waals surface area contributed by atoms with Crippen molar-refractivity contribution in [2.45, 2.75) is 31.7 Å². The number of aliphatic hydroxyl groups is 1. The Morgan fingerprint density at radius 3 is 2.43 bits per heavy atom. The Bertz CT molecular complexity index is 152. The molecule has 0 aliphatic heterocycles. The first-order valence-electron chi connectivity index (χ1n) is 4.35. The van der Waals surface area contributed by atoms with Crippen LogP contribution in [-0.4, -0.2) is 43.7 Å². The minimum Gasteiger partial charge on any atom is -0.385 e. The summed E-state index contributed by atoms with van der Waals surface area (Å²) in [6.45, 7) is 1.74. The zero-order valence-electron chi connectivity index (χ0n) is 8.27. The van der Waals surface area contributed by atoms with Gasteiger partial charge >= 0.3 is 6.18 Å². The Balaban J connectivity index is 3.61. The molecule has 0 aromatic heterocycles. The zero-order chi connectivity index (χ0) is 11.2. The summed E-state index contributed by atoms with van der Waals surface area (Å²) in [4.78, 5) is 0. The third kappa shape index (κ3) is 6.17. The minimum absolute atomic E-state index is 0.105. The van der Waals surface area contributed by atoms with E-state index in [0.29, 0.717) is 13.0 Å². The molecular formula is C8H16F3NO2. The van der Waals surface area contributed by atoms with Crippen molar-refractivity contribution in [3.05, 3.63) is 0 Å². The summed E-state index contributed by atoms with van der Waals surface area (Å²) in [6, 6.07) is -0.105. The van der Waals surface area contributed by atoms with E-state index < -0.39 is 18.8 Å². The predicted molar refractivity (Wildman–Crippen MR) is 46.0 cm³/mol. The normalized spacial score (nSPS) is 16.7. The van der Waals surface area contributed by atoms with Crippen molar-refractivity contribution in [3.8, 4) is 0 Å². The lowest BCUT2D eigenvalue weighted by molar-refractivity contribution is -0.202. The van der Waals surface area contributed by atoms with Gasteiger partial charge in [-0.2, -0.15) is 13.2 Å². The first-order valence-corrected chi connectivity index (χ1v) is 4.35. The highest BCUT2D eigenvalue weighted by Gasteiger charge is 2.37. The van der Waals surface area contributed by atoms with Crippen LogP contribution in [0.4, 0.5) is 13.2 Å².